The van der Waals surface area contributed by atoms with Gasteiger partial charge in [0.15, 0.2) is 6.10 Å². The molecule has 0 radical (unpaired) electrons. The summed E-state index contributed by atoms with van der Waals surface area (Å²) in [6.07, 6.45) is 91.1. The van der Waals surface area contributed by atoms with Gasteiger partial charge in [0, 0.05) is 12.8 Å². The Morgan fingerprint density at radius 2 is 0.688 bits per heavy atom. The van der Waals surface area contributed by atoms with Crippen LogP contribution in [0.25, 0.3) is 0 Å². The zero-order chi connectivity index (χ0) is 58.4. The molecule has 0 fully saturated rings. The number of phosphoric acid groups is 1. The number of hydrogen-bond donors (Lipinski definition) is 1. The Morgan fingerprint density at radius 3 is 1.04 bits per heavy atom. The number of unbranched alkanes of at least 4 members (excludes halogenated alkanes) is 9. The quantitative estimate of drug-likeness (QED) is 0.0211. The molecule has 0 amide bonds. The predicted octanol–water partition coefficient (Wildman–Crippen LogP) is 19.6. The van der Waals surface area contributed by atoms with Gasteiger partial charge in [0.25, 0.3) is 0 Å². The number of carbonyl (C=O) groups excluding carboxylic acids is 2. The van der Waals surface area contributed by atoms with Crippen LogP contribution in [0.2, 0.25) is 0 Å². The van der Waals surface area contributed by atoms with Crippen molar-refractivity contribution in [2.75, 3.05) is 47.5 Å². The smallest absolute Gasteiger partial charge is 0.462 e. The van der Waals surface area contributed by atoms with Gasteiger partial charge < -0.3 is 18.9 Å². The second kappa shape index (κ2) is 58.8. The fourth-order valence-corrected chi connectivity index (χ4v) is 8.05. The van der Waals surface area contributed by atoms with E-state index >= 15 is 0 Å². The molecule has 0 rings (SSSR count). The van der Waals surface area contributed by atoms with Crippen LogP contribution in [0.15, 0.2) is 182 Å². The highest BCUT2D eigenvalue weighted by Crippen LogP contribution is 2.43. The monoisotopic (exact) mass is 1120 g/mol. The summed E-state index contributed by atoms with van der Waals surface area (Å²) in [5, 5.41) is 0. The zero-order valence-corrected chi connectivity index (χ0v) is 51.6. The first-order valence-corrected chi connectivity index (χ1v) is 32.0. The number of rotatable bonds is 53. The van der Waals surface area contributed by atoms with Crippen molar-refractivity contribution >= 4 is 19.8 Å². The van der Waals surface area contributed by atoms with Crippen molar-refractivity contribution in [1.29, 1.82) is 0 Å². The predicted molar refractivity (Wildman–Crippen MR) is 343 cm³/mol. The molecule has 0 heterocycles. The molecular weight excluding hydrogens is 1010 g/mol. The van der Waals surface area contributed by atoms with Crippen LogP contribution in [0.3, 0.4) is 0 Å². The number of phosphoric ester groups is 1. The summed E-state index contributed by atoms with van der Waals surface area (Å²) in [5.74, 6) is -0.894. The summed E-state index contributed by atoms with van der Waals surface area (Å²) in [6, 6.07) is 0. The molecule has 0 saturated carbocycles. The van der Waals surface area contributed by atoms with Crippen molar-refractivity contribution in [3.05, 3.63) is 182 Å². The molecule has 2 unspecified atom stereocenters. The number of esters is 2. The zero-order valence-electron chi connectivity index (χ0n) is 50.7. The van der Waals surface area contributed by atoms with Crippen LogP contribution in [-0.4, -0.2) is 74.9 Å². The maximum atomic E-state index is 12.8. The van der Waals surface area contributed by atoms with E-state index in [4.69, 9.17) is 18.5 Å². The molecule has 0 aliphatic heterocycles. The Balaban J connectivity index is 4.30. The lowest BCUT2D eigenvalue weighted by Crippen LogP contribution is -2.37. The Morgan fingerprint density at radius 1 is 0.388 bits per heavy atom. The summed E-state index contributed by atoms with van der Waals surface area (Å²) in [4.78, 5) is 35.7. The van der Waals surface area contributed by atoms with Crippen LogP contribution < -0.4 is 0 Å². The standard InChI is InChI=1S/C70H110NO8P/c1-6-8-10-12-14-16-18-20-22-24-26-28-30-31-32-33-34-35-36-37-38-39-41-43-45-47-49-51-53-55-57-59-61-63-70(73)79-68(67-78-80(74,75)77-65-64-71(3,4)5)66-76-69(72)62-60-58-56-54-52-50-48-46-44-42-40-29-27-25-23-21-19-17-15-13-11-9-7-2/h8-11,14-17,20-23,26-29,31-32,34-35,37-38,41-44,48,50,54,56,68H,6-7,12-13,18-19,24-25,30,33,36,39-40,45-47,49,51-53,55,57-67H2,1-5H3/p+1/b10-8-,11-9-,16-14-,17-15-,22-20-,23-21-,28-26-,29-27-,32-31-,35-34-,38-37-,43-41-,44-42-,50-48-,56-54-. The fraction of sp³-hybridized carbons (Fsp3) is 0.543. The van der Waals surface area contributed by atoms with Crippen molar-refractivity contribution in [2.24, 2.45) is 0 Å². The largest absolute Gasteiger partial charge is 0.472 e. The van der Waals surface area contributed by atoms with E-state index in [-0.39, 0.29) is 26.1 Å². The van der Waals surface area contributed by atoms with Crippen molar-refractivity contribution in [3.63, 3.8) is 0 Å². The second-order valence-electron chi connectivity index (χ2n) is 20.6. The summed E-state index contributed by atoms with van der Waals surface area (Å²) in [6.45, 7) is 4.09. The van der Waals surface area contributed by atoms with E-state index < -0.39 is 32.5 Å². The van der Waals surface area contributed by atoms with E-state index in [0.717, 1.165) is 128 Å². The van der Waals surface area contributed by atoms with Gasteiger partial charge in [-0.2, -0.15) is 0 Å². The first-order valence-electron chi connectivity index (χ1n) is 30.5. The van der Waals surface area contributed by atoms with E-state index in [1.807, 2.05) is 21.1 Å². The lowest BCUT2D eigenvalue weighted by atomic mass is 10.1. The molecule has 0 bridgehead atoms. The summed E-state index contributed by atoms with van der Waals surface area (Å²) in [7, 11) is 1.41. The van der Waals surface area contributed by atoms with Crippen molar-refractivity contribution in [1.82, 2.24) is 0 Å². The first kappa shape index (κ1) is 75.1. The molecule has 0 spiro atoms. The van der Waals surface area contributed by atoms with Gasteiger partial charge in [0.1, 0.15) is 19.8 Å². The van der Waals surface area contributed by atoms with E-state index in [1.54, 1.807) is 0 Å². The van der Waals surface area contributed by atoms with Crippen LogP contribution >= 0.6 is 7.82 Å². The average molecular weight is 1130 g/mol. The molecule has 0 aromatic carbocycles. The molecule has 80 heavy (non-hydrogen) atoms. The highest BCUT2D eigenvalue weighted by Gasteiger charge is 2.27. The molecule has 0 aromatic heterocycles. The number of allylic oxidation sites excluding steroid dienone is 30. The Bertz CT molecular complexity index is 2000. The van der Waals surface area contributed by atoms with Crippen LogP contribution in [0.1, 0.15) is 194 Å². The molecule has 9 nitrogen and oxygen atoms in total. The fourth-order valence-electron chi connectivity index (χ4n) is 7.31. The minimum Gasteiger partial charge on any atom is -0.462 e. The van der Waals surface area contributed by atoms with Gasteiger partial charge in [-0.1, -0.05) is 235 Å². The topological polar surface area (TPSA) is 108 Å². The van der Waals surface area contributed by atoms with Crippen LogP contribution in [0, 0.1) is 0 Å². The van der Waals surface area contributed by atoms with Gasteiger partial charge in [-0.05, 0) is 128 Å². The molecule has 0 aliphatic rings. The van der Waals surface area contributed by atoms with E-state index in [2.05, 4.69) is 196 Å². The third-order valence-corrected chi connectivity index (χ3v) is 12.9. The molecule has 0 aromatic rings. The highest BCUT2D eigenvalue weighted by atomic mass is 31.2. The minimum atomic E-state index is -4.42. The molecule has 10 heteroatoms. The summed E-state index contributed by atoms with van der Waals surface area (Å²) >= 11 is 0. The lowest BCUT2D eigenvalue weighted by molar-refractivity contribution is -0.870. The van der Waals surface area contributed by atoms with Gasteiger partial charge in [0.2, 0.25) is 0 Å². The molecule has 0 aliphatic carbocycles. The maximum absolute atomic E-state index is 12.8. The van der Waals surface area contributed by atoms with Crippen molar-refractivity contribution in [2.45, 2.75) is 200 Å². The Kier molecular flexibility index (Phi) is 55.2. The van der Waals surface area contributed by atoms with Gasteiger partial charge in [-0.25, -0.2) is 4.57 Å². The van der Waals surface area contributed by atoms with Crippen LogP contribution in [0.5, 0.6) is 0 Å². The SMILES string of the molecule is CC/C=C\C/C=C\C/C=C\C/C=C\C/C=C\C/C=C\C/C=C\C/C=C\CCCCCCCCCCC(=O)OC(COC(=O)CCC/C=C\C/C=C\C/C=C\C/C=C\C/C=C\C/C=C\C/C=C\CC)COP(=O)(O)OCC[N+](C)(C)C. The van der Waals surface area contributed by atoms with Crippen molar-refractivity contribution < 1.29 is 42.1 Å². The maximum Gasteiger partial charge on any atom is 0.472 e. The number of nitrogens with zero attached hydrogens (tertiary/aromatic N) is 1. The number of quaternary nitrogens is 1. The van der Waals surface area contributed by atoms with E-state index in [1.165, 1.54) is 25.7 Å². The molecule has 0 saturated heterocycles. The highest BCUT2D eigenvalue weighted by molar-refractivity contribution is 7.47. The van der Waals surface area contributed by atoms with Crippen molar-refractivity contribution in [3.8, 4) is 0 Å². The minimum absolute atomic E-state index is 0.00957. The van der Waals surface area contributed by atoms with Crippen LogP contribution in [-0.2, 0) is 32.7 Å². The molecule has 1 N–H and O–H groups in total. The van der Waals surface area contributed by atoms with Gasteiger partial charge in [-0.3, -0.25) is 18.6 Å². The van der Waals surface area contributed by atoms with Crippen LogP contribution in [0.4, 0.5) is 0 Å². The number of likely N-dealkylation sites (N-methyl/N-ethyl adjacent to an activating group) is 1. The first-order chi connectivity index (χ1) is 39.0. The molecule has 448 valence electrons. The van der Waals surface area contributed by atoms with Gasteiger partial charge in [0.05, 0.1) is 27.7 Å². The third-order valence-electron chi connectivity index (χ3n) is 11.9. The third kappa shape index (κ3) is 62.3. The normalized spacial score (nSPS) is 14.5. The van der Waals surface area contributed by atoms with E-state index in [0.29, 0.717) is 23.9 Å². The second-order valence-corrected chi connectivity index (χ2v) is 22.1. The Hall–Kier alpha value is -4.89. The molecular formula is C70H111NO8P+. The molecule has 2 atom stereocenters. The van der Waals surface area contributed by atoms with Gasteiger partial charge in [-0.15, -0.1) is 0 Å². The average Bonchev–Trinajstić information content (AvgIpc) is 3.42. The summed E-state index contributed by atoms with van der Waals surface area (Å²) in [5.41, 5.74) is 0. The van der Waals surface area contributed by atoms with E-state index in [9.17, 15) is 19.0 Å². The lowest BCUT2D eigenvalue weighted by Gasteiger charge is -2.24. The van der Waals surface area contributed by atoms with Gasteiger partial charge >= 0.3 is 19.8 Å². The number of ether oxygens (including phenoxy) is 2. The number of carbonyl (C=O) groups is 2. The summed E-state index contributed by atoms with van der Waals surface area (Å²) < 4.78 is 34.5. The number of hydrogen-bond acceptors (Lipinski definition) is 7. The Labute approximate surface area is 489 Å².